The van der Waals surface area contributed by atoms with Crippen LogP contribution in [0.25, 0.3) is 0 Å². The van der Waals surface area contributed by atoms with Gasteiger partial charge in [0.2, 0.25) is 5.91 Å². The zero-order chi connectivity index (χ0) is 19.9. The fourth-order valence-corrected chi connectivity index (χ4v) is 4.16. The molecule has 1 aromatic heterocycles. The van der Waals surface area contributed by atoms with Crippen LogP contribution in [0.15, 0.2) is 42.5 Å². The average molecular weight is 380 g/mol. The molecule has 2 aromatic rings. The van der Waals surface area contributed by atoms with Crippen molar-refractivity contribution in [1.29, 1.82) is 0 Å². The van der Waals surface area contributed by atoms with E-state index in [1.54, 1.807) is 0 Å². The first-order valence-corrected chi connectivity index (χ1v) is 10.6. The van der Waals surface area contributed by atoms with Crippen molar-refractivity contribution in [2.45, 2.75) is 46.0 Å². The summed E-state index contributed by atoms with van der Waals surface area (Å²) < 4.78 is 0. The Balaban J connectivity index is 1.65. The summed E-state index contributed by atoms with van der Waals surface area (Å²) in [6.07, 6.45) is 3.14. The maximum Gasteiger partial charge on any atom is 0.236 e. The number of likely N-dealkylation sites (N-methyl/N-ethyl adjacent to an activating group) is 1. The fourth-order valence-electron chi connectivity index (χ4n) is 4.16. The van der Waals surface area contributed by atoms with Gasteiger partial charge in [-0.25, -0.2) is 0 Å². The highest BCUT2D eigenvalue weighted by molar-refractivity contribution is 5.78. The Morgan fingerprint density at radius 2 is 1.96 bits per heavy atom. The van der Waals surface area contributed by atoms with Crippen molar-refractivity contribution in [1.82, 2.24) is 14.8 Å². The summed E-state index contributed by atoms with van der Waals surface area (Å²) in [6, 6.07) is 15.0. The highest BCUT2D eigenvalue weighted by atomic mass is 16.2. The second kappa shape index (κ2) is 9.83. The van der Waals surface area contributed by atoms with E-state index in [4.69, 9.17) is 4.98 Å². The highest BCUT2D eigenvalue weighted by Crippen LogP contribution is 2.26. The molecular formula is C24H33N3O. The molecule has 0 saturated carbocycles. The molecule has 4 nitrogen and oxygen atoms in total. The van der Waals surface area contributed by atoms with Crippen LogP contribution in [0.1, 0.15) is 55.1 Å². The zero-order valence-electron chi connectivity index (χ0n) is 17.5. The van der Waals surface area contributed by atoms with Crippen molar-refractivity contribution in [2.24, 2.45) is 0 Å². The molecule has 1 unspecified atom stereocenters. The molecule has 2 heterocycles. The van der Waals surface area contributed by atoms with E-state index in [1.807, 2.05) is 18.7 Å². The van der Waals surface area contributed by atoms with E-state index in [1.165, 1.54) is 16.8 Å². The maximum absolute atomic E-state index is 12.5. The number of benzene rings is 1. The number of carbonyl (C=O) groups excluding carboxylic acids is 1. The minimum Gasteiger partial charge on any atom is -0.342 e. The molecule has 1 saturated heterocycles. The number of amides is 1. The topological polar surface area (TPSA) is 36.4 Å². The van der Waals surface area contributed by atoms with E-state index in [-0.39, 0.29) is 5.91 Å². The van der Waals surface area contributed by atoms with Gasteiger partial charge in [-0.1, -0.05) is 35.9 Å². The van der Waals surface area contributed by atoms with E-state index in [0.29, 0.717) is 12.5 Å². The van der Waals surface area contributed by atoms with Crippen LogP contribution >= 0.6 is 0 Å². The van der Waals surface area contributed by atoms with Gasteiger partial charge in [-0.3, -0.25) is 14.7 Å². The summed E-state index contributed by atoms with van der Waals surface area (Å²) in [7, 11) is 0. The Bertz CT molecular complexity index is 785. The molecule has 1 fully saturated rings. The summed E-state index contributed by atoms with van der Waals surface area (Å²) in [5.74, 6) is 0.655. The van der Waals surface area contributed by atoms with Crippen LogP contribution in [-0.2, 0) is 11.2 Å². The number of rotatable bonds is 7. The average Bonchev–Trinajstić information content (AvgIpc) is 2.69. The van der Waals surface area contributed by atoms with Gasteiger partial charge in [0.1, 0.15) is 0 Å². The quantitative estimate of drug-likeness (QED) is 0.729. The number of hydrogen-bond acceptors (Lipinski definition) is 3. The number of hydrogen-bond donors (Lipinski definition) is 0. The molecule has 1 aliphatic rings. The Labute approximate surface area is 169 Å². The minimum absolute atomic E-state index is 0.242. The second-order valence-electron chi connectivity index (χ2n) is 7.86. The first kappa shape index (κ1) is 20.5. The number of carbonyl (C=O) groups is 1. The van der Waals surface area contributed by atoms with Gasteiger partial charge in [-0.15, -0.1) is 0 Å². The van der Waals surface area contributed by atoms with Gasteiger partial charge < -0.3 is 4.90 Å². The van der Waals surface area contributed by atoms with Crippen LogP contribution in [0.4, 0.5) is 0 Å². The molecular weight excluding hydrogens is 346 g/mol. The molecule has 150 valence electrons. The molecule has 28 heavy (non-hydrogen) atoms. The number of aromatic nitrogens is 1. The molecule has 1 amide bonds. The lowest BCUT2D eigenvalue weighted by molar-refractivity contribution is -0.132. The third kappa shape index (κ3) is 5.41. The maximum atomic E-state index is 12.5. The number of nitrogens with zero attached hydrogens (tertiary/aromatic N) is 3. The van der Waals surface area contributed by atoms with Crippen LogP contribution in [-0.4, -0.2) is 53.4 Å². The Morgan fingerprint density at radius 3 is 2.71 bits per heavy atom. The van der Waals surface area contributed by atoms with Crippen molar-refractivity contribution in [3.05, 3.63) is 65.0 Å². The van der Waals surface area contributed by atoms with E-state index in [2.05, 4.69) is 54.3 Å². The lowest BCUT2D eigenvalue weighted by Crippen LogP contribution is -2.43. The highest BCUT2D eigenvalue weighted by Gasteiger charge is 2.25. The Morgan fingerprint density at radius 1 is 1.18 bits per heavy atom. The SMILES string of the molecule is CCN(CC)C(=O)CN1CCCC(c2cccc(Cc3cccc(C)c3)n2)C1. The monoisotopic (exact) mass is 379 g/mol. The first-order valence-electron chi connectivity index (χ1n) is 10.6. The molecule has 4 heteroatoms. The van der Waals surface area contributed by atoms with Gasteiger partial charge in [0.05, 0.1) is 6.54 Å². The number of aryl methyl sites for hydroxylation is 1. The normalized spacial score (nSPS) is 17.5. The van der Waals surface area contributed by atoms with Crippen molar-refractivity contribution in [3.63, 3.8) is 0 Å². The standard InChI is InChI=1S/C24H33N3O/c1-4-27(5-2)24(28)18-26-14-8-11-21(17-26)23-13-7-12-22(25-23)16-20-10-6-9-19(3)15-20/h6-7,9-10,12-13,15,21H,4-5,8,11,14,16-18H2,1-3H3. The lowest BCUT2D eigenvalue weighted by atomic mass is 9.93. The molecule has 3 rings (SSSR count). The molecule has 1 aromatic carbocycles. The Kier molecular flexibility index (Phi) is 7.21. The zero-order valence-corrected chi connectivity index (χ0v) is 17.5. The molecule has 0 spiro atoms. The number of pyridine rings is 1. The van der Waals surface area contributed by atoms with Gasteiger partial charge >= 0.3 is 0 Å². The molecule has 0 aliphatic carbocycles. The summed E-state index contributed by atoms with van der Waals surface area (Å²) in [4.78, 5) is 21.7. The third-order valence-electron chi connectivity index (χ3n) is 5.69. The summed E-state index contributed by atoms with van der Waals surface area (Å²) in [5.41, 5.74) is 4.89. The number of piperidine rings is 1. The van der Waals surface area contributed by atoms with E-state index < -0.39 is 0 Å². The van der Waals surface area contributed by atoms with Crippen LogP contribution in [0.5, 0.6) is 0 Å². The van der Waals surface area contributed by atoms with E-state index >= 15 is 0 Å². The van der Waals surface area contributed by atoms with Gasteiger partial charge in [0.25, 0.3) is 0 Å². The van der Waals surface area contributed by atoms with Gasteiger partial charge in [-0.05, 0) is 57.9 Å². The molecule has 0 radical (unpaired) electrons. The van der Waals surface area contributed by atoms with Gasteiger partial charge in [0.15, 0.2) is 0 Å². The van der Waals surface area contributed by atoms with Crippen LogP contribution in [0, 0.1) is 6.92 Å². The van der Waals surface area contributed by atoms with Crippen molar-refractivity contribution in [2.75, 3.05) is 32.7 Å². The van der Waals surface area contributed by atoms with Crippen molar-refractivity contribution >= 4 is 5.91 Å². The molecule has 1 atom stereocenters. The molecule has 1 aliphatic heterocycles. The lowest BCUT2D eigenvalue weighted by Gasteiger charge is -2.33. The van der Waals surface area contributed by atoms with Crippen LogP contribution < -0.4 is 0 Å². The Hall–Kier alpha value is -2.20. The molecule has 0 N–H and O–H groups in total. The van der Waals surface area contributed by atoms with Crippen molar-refractivity contribution in [3.8, 4) is 0 Å². The summed E-state index contributed by atoms with van der Waals surface area (Å²) in [5, 5.41) is 0. The van der Waals surface area contributed by atoms with Crippen LogP contribution in [0.3, 0.4) is 0 Å². The van der Waals surface area contributed by atoms with E-state index in [9.17, 15) is 4.79 Å². The predicted octanol–water partition coefficient (Wildman–Crippen LogP) is 4.03. The summed E-state index contributed by atoms with van der Waals surface area (Å²) >= 11 is 0. The van der Waals surface area contributed by atoms with Gasteiger partial charge in [0, 0.05) is 43.4 Å². The second-order valence-corrected chi connectivity index (χ2v) is 7.86. The van der Waals surface area contributed by atoms with E-state index in [0.717, 1.165) is 51.1 Å². The fraction of sp³-hybridized carbons (Fsp3) is 0.500. The smallest absolute Gasteiger partial charge is 0.236 e. The van der Waals surface area contributed by atoms with Crippen molar-refractivity contribution < 1.29 is 4.79 Å². The number of likely N-dealkylation sites (tertiary alicyclic amines) is 1. The predicted molar refractivity (Wildman–Crippen MR) is 115 cm³/mol. The third-order valence-corrected chi connectivity index (χ3v) is 5.69. The summed E-state index contributed by atoms with van der Waals surface area (Å²) in [6.45, 7) is 10.3. The van der Waals surface area contributed by atoms with Crippen LogP contribution in [0.2, 0.25) is 0 Å². The largest absolute Gasteiger partial charge is 0.342 e. The molecule has 0 bridgehead atoms. The minimum atomic E-state index is 0.242. The first-order chi connectivity index (χ1) is 13.6. The van der Waals surface area contributed by atoms with Gasteiger partial charge in [-0.2, -0.15) is 0 Å².